The predicted molar refractivity (Wildman–Crippen MR) is 106 cm³/mol. The molecule has 0 bridgehead atoms. The van der Waals surface area contributed by atoms with Crippen molar-refractivity contribution in [3.63, 3.8) is 0 Å². The minimum absolute atomic E-state index is 0.0569. The van der Waals surface area contributed by atoms with Gasteiger partial charge in [0.25, 0.3) is 5.95 Å². The number of nitrogens with one attached hydrogen (secondary N) is 1. The zero-order valence-electron chi connectivity index (χ0n) is 14.6. The van der Waals surface area contributed by atoms with Gasteiger partial charge in [-0.25, -0.2) is 10.1 Å². The molecule has 1 aromatic heterocycles. The predicted octanol–water partition coefficient (Wildman–Crippen LogP) is 2.42. The van der Waals surface area contributed by atoms with E-state index < -0.39 is 0 Å². The minimum Gasteiger partial charge on any atom is -0.497 e. The summed E-state index contributed by atoms with van der Waals surface area (Å²) in [6.45, 7) is 0. The van der Waals surface area contributed by atoms with Crippen LogP contribution in [0.15, 0.2) is 64.9 Å². The molecule has 0 saturated heterocycles. The quantitative estimate of drug-likeness (QED) is 0.202. The van der Waals surface area contributed by atoms with Crippen LogP contribution in [0, 0.1) is 0 Å². The van der Waals surface area contributed by atoms with Crippen molar-refractivity contribution in [1.82, 2.24) is 14.9 Å². The number of hydrogen-bond donors (Lipinski definition) is 2. The third-order valence-electron chi connectivity index (χ3n) is 3.57. The number of nitrogens with two attached hydrogens (primary N) is 1. The first-order chi connectivity index (χ1) is 13.2. The third-order valence-corrected chi connectivity index (χ3v) is 4.51. The Bertz CT molecular complexity index is 942. The van der Waals surface area contributed by atoms with Gasteiger partial charge in [-0.1, -0.05) is 54.2 Å². The third kappa shape index (κ3) is 4.85. The van der Waals surface area contributed by atoms with Crippen molar-refractivity contribution in [2.45, 2.75) is 5.16 Å². The van der Waals surface area contributed by atoms with E-state index >= 15 is 0 Å². The molecule has 27 heavy (non-hydrogen) atoms. The van der Waals surface area contributed by atoms with E-state index in [1.54, 1.807) is 37.6 Å². The topological polar surface area (TPSA) is 107 Å². The number of ether oxygens (including phenoxy) is 1. The molecule has 0 amide bonds. The summed E-state index contributed by atoms with van der Waals surface area (Å²) in [6, 6.07) is 16.6. The summed E-state index contributed by atoms with van der Waals surface area (Å²) in [6.07, 6.45) is 1.65. The van der Waals surface area contributed by atoms with Gasteiger partial charge in [0.05, 0.1) is 19.1 Å². The molecule has 0 radical (unpaired) electrons. The number of methoxy groups -OCH3 is 1. The lowest BCUT2D eigenvalue weighted by molar-refractivity contribution is 0.102. The number of nitrogen functional groups attached to an aromatic ring is 1. The summed E-state index contributed by atoms with van der Waals surface area (Å²) in [5.41, 5.74) is 4.24. The van der Waals surface area contributed by atoms with E-state index in [0.717, 1.165) is 5.56 Å². The Morgan fingerprint density at radius 3 is 2.85 bits per heavy atom. The summed E-state index contributed by atoms with van der Waals surface area (Å²) in [5.74, 6) is 6.99. The van der Waals surface area contributed by atoms with Crippen LogP contribution in [0.1, 0.15) is 15.9 Å². The number of Topliss-reactive ketones (excluding diaryl/α,β-unsaturated/α-hetero) is 1. The first kappa shape index (κ1) is 18.5. The first-order valence-corrected chi connectivity index (χ1v) is 9.00. The molecule has 8 nitrogen and oxygen atoms in total. The van der Waals surface area contributed by atoms with Crippen LogP contribution in [-0.4, -0.2) is 39.7 Å². The number of carbonyl (C=O) groups is 1. The van der Waals surface area contributed by atoms with Gasteiger partial charge in [-0.3, -0.25) is 4.79 Å². The van der Waals surface area contributed by atoms with E-state index in [9.17, 15) is 4.79 Å². The highest BCUT2D eigenvalue weighted by molar-refractivity contribution is 7.99. The average molecular weight is 382 g/mol. The van der Waals surface area contributed by atoms with Crippen molar-refractivity contribution in [3.8, 4) is 5.75 Å². The first-order valence-electron chi connectivity index (χ1n) is 8.02. The van der Waals surface area contributed by atoms with Gasteiger partial charge < -0.3 is 10.6 Å². The van der Waals surface area contributed by atoms with Crippen molar-refractivity contribution in [1.29, 1.82) is 0 Å². The number of benzene rings is 2. The fourth-order valence-corrected chi connectivity index (χ4v) is 2.92. The highest BCUT2D eigenvalue weighted by Gasteiger charge is 2.13. The number of thioether (sulfide) groups is 1. The number of rotatable bonds is 8. The minimum atomic E-state index is -0.0569. The van der Waals surface area contributed by atoms with Crippen molar-refractivity contribution >= 4 is 29.7 Å². The Balaban J connectivity index is 1.58. The van der Waals surface area contributed by atoms with Crippen molar-refractivity contribution in [2.24, 2.45) is 5.10 Å². The summed E-state index contributed by atoms with van der Waals surface area (Å²) in [4.78, 5) is 12.3. The van der Waals surface area contributed by atoms with Gasteiger partial charge in [0, 0.05) is 5.56 Å². The SMILES string of the molecule is COc1cccc(C(=O)CSc2nnc(N/N=C/c3ccccc3)n2N)c1. The maximum atomic E-state index is 12.3. The molecule has 0 saturated carbocycles. The van der Waals surface area contributed by atoms with E-state index in [2.05, 4.69) is 20.7 Å². The molecule has 2 aromatic carbocycles. The molecule has 0 aliphatic rings. The molecule has 3 aromatic rings. The smallest absolute Gasteiger partial charge is 0.264 e. The van der Waals surface area contributed by atoms with E-state index in [1.807, 2.05) is 30.3 Å². The lowest BCUT2D eigenvalue weighted by Crippen LogP contribution is -2.14. The molecule has 3 N–H and O–H groups in total. The van der Waals surface area contributed by atoms with Crippen LogP contribution in [0.25, 0.3) is 0 Å². The highest BCUT2D eigenvalue weighted by Crippen LogP contribution is 2.20. The summed E-state index contributed by atoms with van der Waals surface area (Å²) in [5, 5.41) is 12.4. The number of nitrogens with zero attached hydrogens (tertiary/aromatic N) is 4. The number of ketones is 1. The standard InChI is InChI=1S/C18H18N6O2S/c1-26-15-9-5-8-14(10-15)16(25)12-27-18-23-22-17(24(18)19)21-20-11-13-6-3-2-4-7-13/h2-11H,12,19H2,1H3,(H,21,22)/b20-11+. The second-order valence-electron chi connectivity index (χ2n) is 5.40. The molecule has 0 aliphatic carbocycles. The molecule has 0 unspecified atom stereocenters. The Morgan fingerprint density at radius 1 is 1.26 bits per heavy atom. The Labute approximate surface area is 160 Å². The summed E-state index contributed by atoms with van der Waals surface area (Å²) >= 11 is 1.20. The largest absolute Gasteiger partial charge is 0.497 e. The lowest BCUT2D eigenvalue weighted by atomic mass is 10.1. The van der Waals surface area contributed by atoms with Crippen molar-refractivity contribution in [2.75, 3.05) is 24.1 Å². The molecular weight excluding hydrogens is 364 g/mol. The maximum Gasteiger partial charge on any atom is 0.264 e. The second-order valence-corrected chi connectivity index (χ2v) is 6.34. The lowest BCUT2D eigenvalue weighted by Gasteiger charge is -2.04. The molecule has 9 heteroatoms. The summed E-state index contributed by atoms with van der Waals surface area (Å²) in [7, 11) is 1.56. The monoisotopic (exact) mass is 382 g/mol. The molecule has 138 valence electrons. The molecule has 0 atom stereocenters. The normalized spacial score (nSPS) is 10.9. The zero-order valence-corrected chi connectivity index (χ0v) is 15.4. The van der Waals surface area contributed by atoms with Gasteiger partial charge >= 0.3 is 0 Å². The molecule has 3 rings (SSSR count). The van der Waals surface area contributed by atoms with Crippen LogP contribution >= 0.6 is 11.8 Å². The zero-order chi connectivity index (χ0) is 19.1. The average Bonchev–Trinajstić information content (AvgIpc) is 3.06. The fourth-order valence-electron chi connectivity index (χ4n) is 2.17. The molecule has 0 fully saturated rings. The number of carbonyl (C=O) groups excluding carboxylic acids is 1. The van der Waals surface area contributed by atoms with Crippen LogP contribution in [0.4, 0.5) is 5.95 Å². The summed E-state index contributed by atoms with van der Waals surface area (Å²) < 4.78 is 6.39. The van der Waals surface area contributed by atoms with Gasteiger partial charge in [0.1, 0.15) is 5.75 Å². The van der Waals surface area contributed by atoms with Crippen LogP contribution in [0.5, 0.6) is 5.75 Å². The van der Waals surface area contributed by atoms with Gasteiger partial charge in [0.15, 0.2) is 5.78 Å². The van der Waals surface area contributed by atoms with Gasteiger partial charge in [-0.05, 0) is 17.7 Å². The van der Waals surface area contributed by atoms with Crippen LogP contribution < -0.4 is 16.0 Å². The fraction of sp³-hybridized carbons (Fsp3) is 0.111. The van der Waals surface area contributed by atoms with Gasteiger partial charge in [0.2, 0.25) is 5.16 Å². The Hall–Kier alpha value is -3.33. The molecule has 1 heterocycles. The number of hydrogen-bond acceptors (Lipinski definition) is 8. The Kier molecular flexibility index (Phi) is 6.06. The van der Waals surface area contributed by atoms with E-state index in [-0.39, 0.29) is 17.5 Å². The van der Waals surface area contributed by atoms with E-state index in [1.165, 1.54) is 16.4 Å². The maximum absolute atomic E-state index is 12.3. The van der Waals surface area contributed by atoms with Crippen LogP contribution in [0.2, 0.25) is 0 Å². The van der Waals surface area contributed by atoms with Crippen LogP contribution in [0.3, 0.4) is 0 Å². The van der Waals surface area contributed by atoms with Crippen LogP contribution in [-0.2, 0) is 0 Å². The second kappa shape index (κ2) is 8.86. The van der Waals surface area contributed by atoms with Crippen molar-refractivity contribution < 1.29 is 9.53 Å². The Morgan fingerprint density at radius 2 is 2.07 bits per heavy atom. The number of aromatic nitrogens is 3. The van der Waals surface area contributed by atoms with Gasteiger partial charge in [-0.2, -0.15) is 5.10 Å². The number of anilines is 1. The molecule has 0 spiro atoms. The number of hydrazone groups is 1. The molecule has 0 aliphatic heterocycles. The highest BCUT2D eigenvalue weighted by atomic mass is 32.2. The van der Waals surface area contributed by atoms with E-state index in [4.69, 9.17) is 10.6 Å². The molecular formula is C18H18N6O2S. The van der Waals surface area contributed by atoms with E-state index in [0.29, 0.717) is 16.5 Å². The van der Waals surface area contributed by atoms with Crippen molar-refractivity contribution in [3.05, 3.63) is 65.7 Å². The van der Waals surface area contributed by atoms with Gasteiger partial charge in [-0.15, -0.1) is 10.2 Å².